The Balaban J connectivity index is 1.73. The number of aryl methyl sites for hydroxylation is 2. The first kappa shape index (κ1) is 24.1. The predicted octanol–water partition coefficient (Wildman–Crippen LogP) is 4.84. The van der Waals surface area contributed by atoms with Gasteiger partial charge in [0.05, 0.1) is 19.4 Å². The second-order valence-corrected chi connectivity index (χ2v) is 7.75. The van der Waals surface area contributed by atoms with Crippen LogP contribution in [0.3, 0.4) is 0 Å². The maximum Gasteiger partial charge on any atom is 0.181 e. The Morgan fingerprint density at radius 3 is 2.33 bits per heavy atom. The molecular formula is C27H29NO5. The average molecular weight is 448 g/mol. The smallest absolute Gasteiger partial charge is 0.181 e. The summed E-state index contributed by atoms with van der Waals surface area (Å²) in [5, 5.41) is 8.92. The van der Waals surface area contributed by atoms with Crippen LogP contribution in [0, 0.1) is 6.92 Å². The Bertz CT molecular complexity index is 1120. The molecule has 0 radical (unpaired) electrons. The zero-order chi connectivity index (χ0) is 23.8. The zero-order valence-electron chi connectivity index (χ0n) is 19.3. The summed E-state index contributed by atoms with van der Waals surface area (Å²) in [5.74, 6) is 0.520. The number of aliphatic hydroxyl groups is 1. The Labute approximate surface area is 194 Å². The number of aliphatic hydroxyl groups excluding tert-OH is 1. The summed E-state index contributed by atoms with van der Waals surface area (Å²) in [5.41, 5.74) is 4.71. The molecule has 0 aliphatic carbocycles. The van der Waals surface area contributed by atoms with E-state index in [-0.39, 0.29) is 37.6 Å². The van der Waals surface area contributed by atoms with Gasteiger partial charge in [-0.05, 0) is 49.2 Å². The van der Waals surface area contributed by atoms with Crippen LogP contribution in [0.15, 0.2) is 54.6 Å². The number of Topliss-reactive ketones (excluding diaryl/α,β-unsaturated/α-hetero) is 2. The molecule has 3 rings (SSSR count). The van der Waals surface area contributed by atoms with Crippen molar-refractivity contribution >= 4 is 11.6 Å². The van der Waals surface area contributed by atoms with Gasteiger partial charge in [0.2, 0.25) is 0 Å². The number of pyridine rings is 1. The molecule has 0 aliphatic rings. The van der Waals surface area contributed by atoms with E-state index >= 15 is 0 Å². The number of rotatable bonds is 11. The summed E-state index contributed by atoms with van der Waals surface area (Å²) < 4.78 is 10.7. The molecule has 1 heterocycles. The molecule has 0 bridgehead atoms. The van der Waals surface area contributed by atoms with Crippen molar-refractivity contribution in [3.8, 4) is 22.8 Å². The molecule has 33 heavy (non-hydrogen) atoms. The molecule has 0 saturated carbocycles. The molecule has 0 unspecified atom stereocenters. The van der Waals surface area contributed by atoms with Gasteiger partial charge >= 0.3 is 0 Å². The fraction of sp³-hybridized carbons (Fsp3) is 0.296. The average Bonchev–Trinajstić information content (AvgIpc) is 2.85. The van der Waals surface area contributed by atoms with Crippen LogP contribution in [0.4, 0.5) is 0 Å². The second-order valence-electron chi connectivity index (χ2n) is 7.75. The van der Waals surface area contributed by atoms with Gasteiger partial charge in [0.1, 0.15) is 12.3 Å². The lowest BCUT2D eigenvalue weighted by Crippen LogP contribution is -2.09. The predicted molar refractivity (Wildman–Crippen MR) is 127 cm³/mol. The van der Waals surface area contributed by atoms with Gasteiger partial charge in [-0.3, -0.25) is 9.59 Å². The van der Waals surface area contributed by atoms with Gasteiger partial charge in [0, 0.05) is 24.0 Å². The quantitative estimate of drug-likeness (QED) is 0.423. The van der Waals surface area contributed by atoms with Crippen LogP contribution < -0.4 is 9.47 Å². The van der Waals surface area contributed by atoms with Gasteiger partial charge in [-0.15, -0.1) is 0 Å². The highest BCUT2D eigenvalue weighted by Gasteiger charge is 2.16. The third-order valence-corrected chi connectivity index (χ3v) is 5.34. The molecule has 0 saturated heterocycles. The van der Waals surface area contributed by atoms with Crippen LogP contribution in [-0.2, 0) is 6.42 Å². The zero-order valence-corrected chi connectivity index (χ0v) is 19.3. The monoisotopic (exact) mass is 447 g/mol. The molecule has 0 atom stereocenters. The highest BCUT2D eigenvalue weighted by Crippen LogP contribution is 2.29. The standard InChI is InChI=1S/C27H29NO5/c1-4-19-15-22(20-7-5-18(2)6-8-20)28-23(16-19)25(31)11-10-24(30)21-9-12-26(33-14-13-29)27(17-21)32-3/h5-9,12,15-17,29H,4,10-11,13-14H2,1-3H3. The lowest BCUT2D eigenvalue weighted by molar-refractivity contribution is 0.0915. The first-order valence-electron chi connectivity index (χ1n) is 11.0. The number of hydrogen-bond donors (Lipinski definition) is 1. The van der Waals surface area contributed by atoms with Gasteiger partial charge in [-0.1, -0.05) is 36.8 Å². The minimum absolute atomic E-state index is 0.0662. The number of nitrogens with zero attached hydrogens (tertiary/aromatic N) is 1. The van der Waals surface area contributed by atoms with Crippen LogP contribution in [0.25, 0.3) is 11.3 Å². The van der Waals surface area contributed by atoms with Crippen molar-refractivity contribution in [2.45, 2.75) is 33.1 Å². The summed E-state index contributed by atoms with van der Waals surface area (Å²) in [6.45, 7) is 4.07. The molecule has 172 valence electrons. The van der Waals surface area contributed by atoms with E-state index in [2.05, 4.69) is 4.98 Å². The van der Waals surface area contributed by atoms with E-state index in [1.807, 2.05) is 44.2 Å². The van der Waals surface area contributed by atoms with Crippen molar-refractivity contribution in [2.75, 3.05) is 20.3 Å². The van der Waals surface area contributed by atoms with Gasteiger partial charge in [-0.2, -0.15) is 0 Å². The van der Waals surface area contributed by atoms with Crippen molar-refractivity contribution in [3.63, 3.8) is 0 Å². The number of aromatic nitrogens is 1. The highest BCUT2D eigenvalue weighted by molar-refractivity contribution is 6.02. The van der Waals surface area contributed by atoms with Crippen LogP contribution in [0.5, 0.6) is 11.5 Å². The Morgan fingerprint density at radius 1 is 0.939 bits per heavy atom. The van der Waals surface area contributed by atoms with Crippen LogP contribution >= 0.6 is 0 Å². The highest BCUT2D eigenvalue weighted by atomic mass is 16.5. The lowest BCUT2D eigenvalue weighted by Gasteiger charge is -2.11. The third-order valence-electron chi connectivity index (χ3n) is 5.34. The van der Waals surface area contributed by atoms with Gasteiger partial charge in [0.15, 0.2) is 23.1 Å². The van der Waals surface area contributed by atoms with Crippen molar-refractivity contribution < 1.29 is 24.2 Å². The van der Waals surface area contributed by atoms with E-state index in [4.69, 9.17) is 14.6 Å². The number of benzene rings is 2. The molecule has 0 amide bonds. The Kier molecular flexibility index (Phi) is 8.33. The maximum atomic E-state index is 12.9. The second kappa shape index (κ2) is 11.4. The molecule has 6 heteroatoms. The molecule has 0 fully saturated rings. The largest absolute Gasteiger partial charge is 0.493 e. The number of methoxy groups -OCH3 is 1. The van der Waals surface area contributed by atoms with Crippen molar-refractivity contribution in [1.82, 2.24) is 4.98 Å². The Hall–Kier alpha value is -3.51. The molecule has 1 N–H and O–H groups in total. The summed E-state index contributed by atoms with van der Waals surface area (Å²) in [4.78, 5) is 30.2. The van der Waals surface area contributed by atoms with Crippen molar-refractivity contribution in [2.24, 2.45) is 0 Å². The molecule has 1 aromatic heterocycles. The van der Waals surface area contributed by atoms with E-state index in [1.165, 1.54) is 7.11 Å². The van der Waals surface area contributed by atoms with Gasteiger partial charge in [-0.25, -0.2) is 4.98 Å². The number of carbonyl (C=O) groups is 2. The van der Waals surface area contributed by atoms with Crippen LogP contribution in [-0.4, -0.2) is 42.0 Å². The third kappa shape index (κ3) is 6.26. The van der Waals surface area contributed by atoms with E-state index in [9.17, 15) is 9.59 Å². The van der Waals surface area contributed by atoms with Gasteiger partial charge < -0.3 is 14.6 Å². The first-order chi connectivity index (χ1) is 15.9. The molecular weight excluding hydrogens is 418 g/mol. The number of ketones is 2. The lowest BCUT2D eigenvalue weighted by atomic mass is 10.0. The minimum atomic E-state index is -0.166. The SMILES string of the molecule is CCc1cc(C(=O)CCC(=O)c2ccc(OCCO)c(OC)c2)nc(-c2ccc(C)cc2)c1. The van der Waals surface area contributed by atoms with Crippen LogP contribution in [0.1, 0.15) is 51.7 Å². The minimum Gasteiger partial charge on any atom is -0.493 e. The number of carbonyl (C=O) groups excluding carboxylic acids is 2. The van der Waals surface area contributed by atoms with Crippen molar-refractivity contribution in [1.29, 1.82) is 0 Å². The van der Waals surface area contributed by atoms with E-state index < -0.39 is 0 Å². The topological polar surface area (TPSA) is 85.7 Å². The number of hydrogen-bond acceptors (Lipinski definition) is 6. The number of ether oxygens (including phenoxy) is 2. The summed E-state index contributed by atoms with van der Waals surface area (Å²) in [6, 6.07) is 16.7. The normalized spacial score (nSPS) is 10.7. The van der Waals surface area contributed by atoms with E-state index in [1.54, 1.807) is 24.3 Å². The fourth-order valence-corrected chi connectivity index (χ4v) is 3.42. The Morgan fingerprint density at radius 2 is 1.67 bits per heavy atom. The first-order valence-corrected chi connectivity index (χ1v) is 11.0. The fourth-order valence-electron chi connectivity index (χ4n) is 3.42. The van der Waals surface area contributed by atoms with Crippen LogP contribution in [0.2, 0.25) is 0 Å². The summed E-state index contributed by atoms with van der Waals surface area (Å²) in [7, 11) is 1.48. The molecule has 0 spiro atoms. The van der Waals surface area contributed by atoms with E-state index in [0.29, 0.717) is 22.8 Å². The van der Waals surface area contributed by atoms with Crippen molar-refractivity contribution in [3.05, 3.63) is 77.0 Å². The molecule has 2 aromatic carbocycles. The maximum absolute atomic E-state index is 12.9. The summed E-state index contributed by atoms with van der Waals surface area (Å²) in [6.07, 6.45) is 0.916. The molecule has 6 nitrogen and oxygen atoms in total. The molecule has 0 aliphatic heterocycles. The molecule has 3 aromatic rings. The van der Waals surface area contributed by atoms with E-state index in [0.717, 1.165) is 28.8 Å². The summed E-state index contributed by atoms with van der Waals surface area (Å²) >= 11 is 0. The van der Waals surface area contributed by atoms with Gasteiger partial charge in [0.25, 0.3) is 0 Å².